The molecule has 0 amide bonds. The number of nitrogens with zero attached hydrogens (tertiary/aromatic N) is 3. The van der Waals surface area contributed by atoms with Gasteiger partial charge in [0.25, 0.3) is 0 Å². The molecule has 0 aliphatic heterocycles. The van der Waals surface area contributed by atoms with Crippen LogP contribution < -0.4 is 4.72 Å². The third-order valence-electron chi connectivity index (χ3n) is 4.01. The van der Waals surface area contributed by atoms with Crippen molar-refractivity contribution < 1.29 is 9.13 Å². The molecule has 2 aromatic carbocycles. The molecule has 1 N–H and O–H groups in total. The molecule has 5 nitrogen and oxygen atoms in total. The van der Waals surface area contributed by atoms with E-state index in [1.807, 2.05) is 37.4 Å². The van der Waals surface area contributed by atoms with E-state index in [1.54, 1.807) is 35.9 Å². The van der Waals surface area contributed by atoms with Crippen molar-refractivity contribution >= 4 is 11.9 Å². The second-order valence-electron chi connectivity index (χ2n) is 5.82. The van der Waals surface area contributed by atoms with Gasteiger partial charge in [-0.05, 0) is 48.7 Å². The van der Waals surface area contributed by atoms with Crippen LogP contribution in [0.1, 0.15) is 18.5 Å². The molecule has 7 heteroatoms. The van der Waals surface area contributed by atoms with Crippen molar-refractivity contribution in [2.24, 2.45) is 0 Å². The highest BCUT2D eigenvalue weighted by Crippen LogP contribution is 2.23. The Labute approximate surface area is 156 Å². The maximum atomic E-state index is 13.1. The Morgan fingerprint density at radius 2 is 1.88 bits per heavy atom. The summed E-state index contributed by atoms with van der Waals surface area (Å²) in [5.74, 6) is -0.241. The fraction of sp³-hybridized carbons (Fsp3) is 0.263. The van der Waals surface area contributed by atoms with Crippen molar-refractivity contribution in [2.75, 3.05) is 20.3 Å². The first-order valence-corrected chi connectivity index (χ1v) is 9.15. The molecule has 3 aromatic rings. The average Bonchev–Trinajstić information content (AvgIpc) is 3.16. The zero-order valence-corrected chi connectivity index (χ0v) is 15.5. The van der Waals surface area contributed by atoms with Crippen LogP contribution in [0.3, 0.4) is 0 Å². The number of halogens is 1. The van der Waals surface area contributed by atoms with Crippen molar-refractivity contribution in [3.05, 3.63) is 66.1 Å². The molecule has 0 aliphatic carbocycles. The smallest absolute Gasteiger partial charge is 0.123 e. The lowest BCUT2D eigenvalue weighted by molar-refractivity contribution is 0.205. The molecule has 1 atom stereocenters. The van der Waals surface area contributed by atoms with Crippen LogP contribution in [0.5, 0.6) is 0 Å². The topological polar surface area (TPSA) is 52.0 Å². The lowest BCUT2D eigenvalue weighted by atomic mass is 10.1. The van der Waals surface area contributed by atoms with Crippen molar-refractivity contribution in [2.45, 2.75) is 17.9 Å². The van der Waals surface area contributed by atoms with Gasteiger partial charge in [0.2, 0.25) is 0 Å². The molecular formula is C19H21FN4OS. The van der Waals surface area contributed by atoms with Crippen LogP contribution in [-0.2, 0) is 4.74 Å². The molecule has 0 fully saturated rings. The lowest BCUT2D eigenvalue weighted by Crippen LogP contribution is -2.10. The van der Waals surface area contributed by atoms with Crippen molar-refractivity contribution in [3.63, 3.8) is 0 Å². The number of nitrogens with one attached hydrogen (secondary N) is 1. The molecule has 26 heavy (non-hydrogen) atoms. The van der Waals surface area contributed by atoms with Crippen LogP contribution in [0.2, 0.25) is 0 Å². The fourth-order valence-electron chi connectivity index (χ4n) is 2.46. The standard InChI is InChI=1S/C19H21FN4OS/c1-14(15-3-7-17(20)8-4-15)24-13-19(22-23-24)16-5-9-18(10-6-16)26-21-11-12-25-2/h3-10,13-14,21H,11-12H2,1-2H3. The minimum absolute atomic E-state index is 0.0170. The second kappa shape index (κ2) is 8.93. The number of ether oxygens (including phenoxy) is 1. The van der Waals surface area contributed by atoms with Gasteiger partial charge in [-0.3, -0.25) is 4.72 Å². The minimum Gasteiger partial charge on any atom is -0.383 e. The largest absolute Gasteiger partial charge is 0.383 e. The van der Waals surface area contributed by atoms with E-state index in [0.29, 0.717) is 6.61 Å². The summed E-state index contributed by atoms with van der Waals surface area (Å²) in [6.07, 6.45) is 1.91. The second-order valence-corrected chi connectivity index (χ2v) is 6.79. The average molecular weight is 372 g/mol. The predicted octanol–water partition coefficient (Wildman–Crippen LogP) is 3.94. The van der Waals surface area contributed by atoms with Crippen LogP contribution in [0.4, 0.5) is 4.39 Å². The summed E-state index contributed by atoms with van der Waals surface area (Å²) in [7, 11) is 1.69. The van der Waals surface area contributed by atoms with Crippen molar-refractivity contribution in [1.29, 1.82) is 0 Å². The van der Waals surface area contributed by atoms with Gasteiger partial charge in [-0.15, -0.1) is 5.10 Å². The predicted molar refractivity (Wildman–Crippen MR) is 101 cm³/mol. The van der Waals surface area contributed by atoms with E-state index in [0.717, 1.165) is 28.3 Å². The molecule has 0 saturated carbocycles. The van der Waals surface area contributed by atoms with E-state index in [2.05, 4.69) is 15.0 Å². The Morgan fingerprint density at radius 1 is 1.15 bits per heavy atom. The van der Waals surface area contributed by atoms with Gasteiger partial charge >= 0.3 is 0 Å². The van der Waals surface area contributed by atoms with Gasteiger partial charge in [-0.25, -0.2) is 9.07 Å². The van der Waals surface area contributed by atoms with Gasteiger partial charge in [0.15, 0.2) is 0 Å². The molecule has 3 rings (SSSR count). The molecule has 0 aliphatic rings. The first kappa shape index (κ1) is 18.6. The van der Waals surface area contributed by atoms with E-state index < -0.39 is 0 Å². The molecule has 1 heterocycles. The first-order valence-electron chi connectivity index (χ1n) is 8.34. The summed E-state index contributed by atoms with van der Waals surface area (Å²) in [6.45, 7) is 3.48. The molecular weight excluding hydrogens is 351 g/mol. The third kappa shape index (κ3) is 4.69. The summed E-state index contributed by atoms with van der Waals surface area (Å²) < 4.78 is 23.1. The minimum atomic E-state index is -0.241. The van der Waals surface area contributed by atoms with Crippen LogP contribution in [-0.4, -0.2) is 35.3 Å². The van der Waals surface area contributed by atoms with E-state index in [4.69, 9.17) is 4.74 Å². The Balaban J connectivity index is 1.66. The Bertz CT molecular complexity index is 820. The van der Waals surface area contributed by atoms with Gasteiger partial charge in [0, 0.05) is 24.1 Å². The summed E-state index contributed by atoms with van der Waals surface area (Å²) in [4.78, 5) is 1.12. The Morgan fingerprint density at radius 3 is 2.58 bits per heavy atom. The fourth-order valence-corrected chi connectivity index (χ4v) is 3.09. The third-order valence-corrected chi connectivity index (χ3v) is 4.86. The van der Waals surface area contributed by atoms with Gasteiger partial charge < -0.3 is 4.74 Å². The van der Waals surface area contributed by atoms with E-state index in [9.17, 15) is 4.39 Å². The van der Waals surface area contributed by atoms with E-state index >= 15 is 0 Å². The zero-order chi connectivity index (χ0) is 18.4. The zero-order valence-electron chi connectivity index (χ0n) is 14.7. The highest BCUT2D eigenvalue weighted by atomic mass is 32.2. The van der Waals surface area contributed by atoms with Crippen LogP contribution >= 0.6 is 11.9 Å². The quantitative estimate of drug-likeness (QED) is 0.479. The molecule has 0 spiro atoms. The van der Waals surface area contributed by atoms with Gasteiger partial charge in [0.05, 0.1) is 18.8 Å². The number of rotatable bonds is 8. The number of benzene rings is 2. The SMILES string of the molecule is COCCNSc1ccc(-c2cn(C(C)c3ccc(F)cc3)nn2)cc1. The summed E-state index contributed by atoms with van der Waals surface area (Å²) >= 11 is 1.57. The van der Waals surface area contributed by atoms with Gasteiger partial charge in [-0.1, -0.05) is 29.5 Å². The molecule has 136 valence electrons. The number of hydrogen-bond donors (Lipinski definition) is 1. The lowest BCUT2D eigenvalue weighted by Gasteiger charge is -2.11. The Kier molecular flexibility index (Phi) is 6.38. The number of methoxy groups -OCH3 is 1. The first-order chi connectivity index (χ1) is 12.7. The molecule has 0 bridgehead atoms. The molecule has 0 radical (unpaired) electrons. The summed E-state index contributed by atoms with van der Waals surface area (Å²) in [5, 5.41) is 8.49. The van der Waals surface area contributed by atoms with Crippen molar-refractivity contribution in [3.8, 4) is 11.3 Å². The van der Waals surface area contributed by atoms with Gasteiger partial charge in [-0.2, -0.15) is 0 Å². The molecule has 1 aromatic heterocycles. The maximum absolute atomic E-state index is 13.1. The van der Waals surface area contributed by atoms with E-state index in [1.165, 1.54) is 12.1 Å². The maximum Gasteiger partial charge on any atom is 0.123 e. The Hall–Kier alpha value is -2.22. The van der Waals surface area contributed by atoms with Crippen molar-refractivity contribution in [1.82, 2.24) is 19.7 Å². The normalized spacial score (nSPS) is 12.3. The van der Waals surface area contributed by atoms with Crippen LogP contribution in [0.15, 0.2) is 59.6 Å². The number of aromatic nitrogens is 3. The van der Waals surface area contributed by atoms with Gasteiger partial charge in [0.1, 0.15) is 11.5 Å². The highest BCUT2D eigenvalue weighted by Gasteiger charge is 2.11. The number of hydrogen-bond acceptors (Lipinski definition) is 5. The molecule has 0 saturated heterocycles. The highest BCUT2D eigenvalue weighted by molar-refractivity contribution is 7.97. The van der Waals surface area contributed by atoms with Crippen LogP contribution in [0.25, 0.3) is 11.3 Å². The molecule has 1 unspecified atom stereocenters. The van der Waals surface area contributed by atoms with E-state index in [-0.39, 0.29) is 11.9 Å². The summed E-state index contributed by atoms with van der Waals surface area (Å²) in [5.41, 5.74) is 2.79. The van der Waals surface area contributed by atoms with Crippen LogP contribution in [0, 0.1) is 5.82 Å². The summed E-state index contributed by atoms with van der Waals surface area (Å²) in [6, 6.07) is 14.6. The monoisotopic (exact) mass is 372 g/mol.